The molecule has 1 aromatic rings. The molecule has 0 aliphatic carbocycles. The van der Waals surface area contributed by atoms with Crippen molar-refractivity contribution in [3.05, 3.63) is 11.9 Å². The van der Waals surface area contributed by atoms with E-state index in [1.165, 1.54) is 13.3 Å². The van der Waals surface area contributed by atoms with Crippen molar-refractivity contribution in [1.29, 1.82) is 0 Å². The third-order valence-electron chi connectivity index (χ3n) is 3.61. The Kier molecular flexibility index (Phi) is 4.26. The molecule has 2 N–H and O–H groups in total. The average Bonchev–Trinajstić information content (AvgIpc) is 2.86. The molecule has 7 heteroatoms. The summed E-state index contributed by atoms with van der Waals surface area (Å²) in [7, 11) is 1.34. The number of aryl methyl sites for hydroxylation is 1. The molecule has 0 spiro atoms. The molecule has 2 heterocycles. The fraction of sp³-hybridized carbons (Fsp3) is 0.615. The van der Waals surface area contributed by atoms with Crippen molar-refractivity contribution in [3.63, 3.8) is 0 Å². The van der Waals surface area contributed by atoms with Gasteiger partial charge in [-0.25, -0.2) is 4.79 Å². The number of piperidine rings is 1. The van der Waals surface area contributed by atoms with Crippen LogP contribution in [0.5, 0.6) is 0 Å². The van der Waals surface area contributed by atoms with E-state index in [0.29, 0.717) is 30.9 Å². The number of nitrogens with zero attached hydrogens (tertiary/aromatic N) is 3. The predicted octanol–water partition coefficient (Wildman–Crippen LogP) is 0.653. The van der Waals surface area contributed by atoms with Gasteiger partial charge in [0.25, 0.3) is 5.91 Å². The first kappa shape index (κ1) is 14.4. The monoisotopic (exact) mass is 280 g/mol. The molecule has 1 amide bonds. The van der Waals surface area contributed by atoms with Gasteiger partial charge < -0.3 is 15.4 Å². The van der Waals surface area contributed by atoms with Gasteiger partial charge in [0.1, 0.15) is 11.7 Å². The number of hydrogen-bond donors (Lipinski definition) is 1. The Morgan fingerprint density at radius 1 is 1.50 bits per heavy atom. The number of likely N-dealkylation sites (tertiary alicyclic amines) is 1. The van der Waals surface area contributed by atoms with E-state index in [9.17, 15) is 9.59 Å². The molecule has 1 aromatic heterocycles. The Balaban J connectivity index is 2.30. The van der Waals surface area contributed by atoms with E-state index in [2.05, 4.69) is 5.10 Å². The van der Waals surface area contributed by atoms with Crippen molar-refractivity contribution >= 4 is 17.6 Å². The number of carbonyl (C=O) groups excluding carboxylic acids is 2. The van der Waals surface area contributed by atoms with Crippen LogP contribution in [0.1, 0.15) is 36.7 Å². The Morgan fingerprint density at radius 2 is 2.25 bits per heavy atom. The summed E-state index contributed by atoms with van der Waals surface area (Å²) in [5, 5.41) is 4.07. The summed E-state index contributed by atoms with van der Waals surface area (Å²) in [6.07, 6.45) is 3.87. The molecule has 1 aliphatic heterocycles. The molecular weight excluding hydrogens is 260 g/mol. The van der Waals surface area contributed by atoms with Gasteiger partial charge in [-0.1, -0.05) is 0 Å². The van der Waals surface area contributed by atoms with Crippen molar-refractivity contribution in [2.75, 3.05) is 19.4 Å². The number of anilines is 1. The lowest BCUT2D eigenvalue weighted by atomic mass is 10.0. The van der Waals surface area contributed by atoms with Crippen LogP contribution in [0.2, 0.25) is 0 Å². The normalized spacial score (nSPS) is 18.9. The van der Waals surface area contributed by atoms with Crippen LogP contribution in [-0.4, -0.2) is 46.3 Å². The van der Waals surface area contributed by atoms with Gasteiger partial charge in [0, 0.05) is 13.1 Å². The Hall–Kier alpha value is -2.05. The molecule has 1 fully saturated rings. The molecule has 1 unspecified atom stereocenters. The largest absolute Gasteiger partial charge is 0.467 e. The van der Waals surface area contributed by atoms with Gasteiger partial charge in [-0.05, 0) is 26.2 Å². The fourth-order valence-corrected chi connectivity index (χ4v) is 2.57. The van der Waals surface area contributed by atoms with Gasteiger partial charge in [0.2, 0.25) is 0 Å². The number of nitrogen functional groups attached to an aromatic ring is 1. The molecule has 7 nitrogen and oxygen atoms in total. The number of rotatable bonds is 3. The number of ether oxygens (including phenoxy) is 1. The molecule has 2 rings (SSSR count). The van der Waals surface area contributed by atoms with Crippen molar-refractivity contribution < 1.29 is 14.3 Å². The summed E-state index contributed by atoms with van der Waals surface area (Å²) in [4.78, 5) is 26.0. The number of carbonyl (C=O) groups is 2. The number of methoxy groups -OCH3 is 1. The number of aromatic nitrogens is 2. The smallest absolute Gasteiger partial charge is 0.328 e. The second kappa shape index (κ2) is 5.94. The van der Waals surface area contributed by atoms with E-state index in [0.717, 1.165) is 12.8 Å². The molecule has 1 aliphatic rings. The highest BCUT2D eigenvalue weighted by atomic mass is 16.5. The molecule has 110 valence electrons. The highest BCUT2D eigenvalue weighted by Crippen LogP contribution is 2.22. The van der Waals surface area contributed by atoms with Gasteiger partial charge in [0.05, 0.1) is 19.0 Å². The summed E-state index contributed by atoms with van der Waals surface area (Å²) in [5.41, 5.74) is 6.52. The average molecular weight is 280 g/mol. The summed E-state index contributed by atoms with van der Waals surface area (Å²) in [5.74, 6) is -0.629. The first-order valence-electron chi connectivity index (χ1n) is 6.80. The van der Waals surface area contributed by atoms with Crippen LogP contribution in [0.4, 0.5) is 5.69 Å². The van der Waals surface area contributed by atoms with Gasteiger partial charge in [-0.2, -0.15) is 5.10 Å². The third kappa shape index (κ3) is 2.48. The van der Waals surface area contributed by atoms with Gasteiger partial charge in [0.15, 0.2) is 0 Å². The summed E-state index contributed by atoms with van der Waals surface area (Å²) in [6, 6.07) is -0.527. The fourth-order valence-electron chi connectivity index (χ4n) is 2.57. The molecular formula is C13H20N4O3. The zero-order valence-corrected chi connectivity index (χ0v) is 11.8. The predicted molar refractivity (Wildman–Crippen MR) is 73.0 cm³/mol. The Bertz CT molecular complexity index is 512. The van der Waals surface area contributed by atoms with Gasteiger partial charge in [-0.15, -0.1) is 0 Å². The molecule has 0 aromatic carbocycles. The summed E-state index contributed by atoms with van der Waals surface area (Å²) in [6.45, 7) is 2.97. The minimum absolute atomic E-state index is 0.253. The number of hydrogen-bond acceptors (Lipinski definition) is 5. The number of nitrogens with two attached hydrogens (primary N) is 1. The number of amides is 1. The maximum absolute atomic E-state index is 12.7. The molecule has 1 atom stereocenters. The molecule has 0 saturated carbocycles. The first-order valence-corrected chi connectivity index (χ1v) is 6.80. The molecule has 20 heavy (non-hydrogen) atoms. The van der Waals surface area contributed by atoms with Crippen LogP contribution in [0.15, 0.2) is 6.20 Å². The second-order valence-electron chi connectivity index (χ2n) is 4.80. The van der Waals surface area contributed by atoms with Crippen LogP contribution >= 0.6 is 0 Å². The molecule has 1 saturated heterocycles. The van der Waals surface area contributed by atoms with Crippen LogP contribution < -0.4 is 5.73 Å². The van der Waals surface area contributed by atoms with E-state index >= 15 is 0 Å². The highest BCUT2D eigenvalue weighted by Gasteiger charge is 2.35. The zero-order valence-electron chi connectivity index (χ0n) is 11.8. The summed E-state index contributed by atoms with van der Waals surface area (Å²) < 4.78 is 6.34. The topological polar surface area (TPSA) is 90.5 Å². The Labute approximate surface area is 117 Å². The lowest BCUT2D eigenvalue weighted by Crippen LogP contribution is -2.49. The van der Waals surface area contributed by atoms with Crippen molar-refractivity contribution in [2.45, 2.75) is 38.8 Å². The third-order valence-corrected chi connectivity index (χ3v) is 3.61. The maximum atomic E-state index is 12.7. The Morgan fingerprint density at radius 3 is 2.90 bits per heavy atom. The van der Waals surface area contributed by atoms with Gasteiger partial charge >= 0.3 is 5.97 Å². The zero-order chi connectivity index (χ0) is 14.7. The first-order chi connectivity index (χ1) is 9.60. The van der Waals surface area contributed by atoms with Crippen molar-refractivity contribution in [3.8, 4) is 0 Å². The second-order valence-corrected chi connectivity index (χ2v) is 4.80. The number of esters is 1. The van der Waals surface area contributed by atoms with Crippen LogP contribution in [-0.2, 0) is 16.1 Å². The van der Waals surface area contributed by atoms with E-state index in [-0.39, 0.29) is 11.9 Å². The van der Waals surface area contributed by atoms with Crippen LogP contribution in [0.25, 0.3) is 0 Å². The lowest BCUT2D eigenvalue weighted by molar-refractivity contribution is -0.147. The minimum atomic E-state index is -0.527. The van der Waals surface area contributed by atoms with Crippen molar-refractivity contribution in [2.24, 2.45) is 0 Å². The molecule has 0 bridgehead atoms. The highest BCUT2D eigenvalue weighted by molar-refractivity contribution is 5.99. The standard InChI is InChI=1S/C13H20N4O3/c1-3-17-11(9(14)8-15-17)12(18)16-7-5-4-6-10(16)13(19)20-2/h8,10H,3-7,14H2,1-2H3. The lowest BCUT2D eigenvalue weighted by Gasteiger charge is -2.33. The van der Waals surface area contributed by atoms with Crippen molar-refractivity contribution in [1.82, 2.24) is 14.7 Å². The van der Waals surface area contributed by atoms with Crippen LogP contribution in [0, 0.1) is 0 Å². The minimum Gasteiger partial charge on any atom is -0.467 e. The van der Waals surface area contributed by atoms with E-state index in [4.69, 9.17) is 10.5 Å². The quantitative estimate of drug-likeness (QED) is 0.821. The van der Waals surface area contributed by atoms with E-state index < -0.39 is 6.04 Å². The molecule has 0 radical (unpaired) electrons. The van der Waals surface area contributed by atoms with E-state index in [1.807, 2.05) is 6.92 Å². The van der Waals surface area contributed by atoms with Crippen LogP contribution in [0.3, 0.4) is 0 Å². The van der Waals surface area contributed by atoms with Gasteiger partial charge in [-0.3, -0.25) is 9.48 Å². The maximum Gasteiger partial charge on any atom is 0.328 e. The summed E-state index contributed by atoms with van der Waals surface area (Å²) >= 11 is 0. The SMILES string of the molecule is CCn1ncc(N)c1C(=O)N1CCCCC1C(=O)OC. The van der Waals surface area contributed by atoms with E-state index in [1.54, 1.807) is 9.58 Å².